The number of nitrogens with one attached hydrogen (secondary N) is 2. The second-order valence-corrected chi connectivity index (χ2v) is 5.97. The molecule has 0 spiro atoms. The largest absolute Gasteiger partial charge is 0.434 e. The van der Waals surface area contributed by atoms with Crippen LogP contribution >= 0.6 is 15.9 Å². The zero-order valence-corrected chi connectivity index (χ0v) is 13.8. The minimum absolute atomic E-state index is 0.0293. The van der Waals surface area contributed by atoms with Crippen LogP contribution in [0.15, 0.2) is 50.5 Å². The summed E-state index contributed by atoms with van der Waals surface area (Å²) in [5, 5.41) is 8.51. The van der Waals surface area contributed by atoms with Gasteiger partial charge in [0, 0.05) is 23.1 Å². The van der Waals surface area contributed by atoms with Gasteiger partial charge in [-0.25, -0.2) is 23.7 Å². The number of aromatic amines is 1. The molecule has 0 amide bonds. The number of halogens is 3. The first-order valence-electron chi connectivity index (χ1n) is 6.96. The van der Waals surface area contributed by atoms with Gasteiger partial charge in [-0.15, -0.1) is 5.10 Å². The molecule has 1 aromatic carbocycles. The predicted molar refractivity (Wildman–Crippen MR) is 88.7 cm³/mol. The van der Waals surface area contributed by atoms with Crippen molar-refractivity contribution in [3.8, 4) is 11.5 Å². The highest BCUT2D eigenvalue weighted by atomic mass is 79.9. The highest BCUT2D eigenvalue weighted by Gasteiger charge is 2.21. The van der Waals surface area contributed by atoms with Crippen molar-refractivity contribution in [3.63, 3.8) is 0 Å². The van der Waals surface area contributed by atoms with Crippen LogP contribution in [0.2, 0.25) is 0 Å². The van der Waals surface area contributed by atoms with Crippen molar-refractivity contribution in [2.45, 2.75) is 0 Å². The maximum Gasteiger partial charge on any atom is 0.434 e. The van der Waals surface area contributed by atoms with E-state index < -0.39 is 17.4 Å². The van der Waals surface area contributed by atoms with E-state index in [4.69, 9.17) is 4.42 Å². The summed E-state index contributed by atoms with van der Waals surface area (Å²) in [6.07, 6.45) is 4.41. The number of fused-ring (bicyclic) bond motifs is 1. The highest BCUT2D eigenvalue weighted by molar-refractivity contribution is 9.10. The minimum atomic E-state index is -0.790. The molecule has 25 heavy (non-hydrogen) atoms. The summed E-state index contributed by atoms with van der Waals surface area (Å²) in [4.78, 5) is 15.2. The number of anilines is 2. The molecule has 3 aromatic heterocycles. The summed E-state index contributed by atoms with van der Waals surface area (Å²) in [6, 6.07) is 4.29. The van der Waals surface area contributed by atoms with E-state index in [2.05, 4.69) is 36.4 Å². The Hall–Kier alpha value is -3.01. The summed E-state index contributed by atoms with van der Waals surface area (Å²) >= 11 is 3.16. The molecule has 0 aliphatic heterocycles. The molecule has 0 fully saturated rings. The van der Waals surface area contributed by atoms with Gasteiger partial charge in [-0.1, -0.05) is 15.9 Å². The van der Waals surface area contributed by atoms with Crippen LogP contribution in [0.4, 0.5) is 20.2 Å². The second-order valence-electron chi connectivity index (χ2n) is 5.06. The standard InChI is InChI=1S/C15H8BrF2N5O2/c16-7-1-2-10(9(17)5-7)20-12-8(14-21-22-15(24)25-14)6-23-4-3-19-13(23)11(12)18/h1-6,20H,(H,22,24). The Balaban J connectivity index is 1.94. The molecular formula is C15H8BrF2N5O2. The zero-order valence-electron chi connectivity index (χ0n) is 12.3. The number of rotatable bonds is 3. The van der Waals surface area contributed by atoms with Crippen LogP contribution in [-0.2, 0) is 0 Å². The third kappa shape index (κ3) is 2.70. The second kappa shape index (κ2) is 5.81. The van der Waals surface area contributed by atoms with Crippen molar-refractivity contribution in [1.82, 2.24) is 19.6 Å². The molecule has 0 bridgehead atoms. The smallest absolute Gasteiger partial charge is 0.388 e. The normalized spacial score (nSPS) is 11.2. The van der Waals surface area contributed by atoms with Gasteiger partial charge >= 0.3 is 5.76 Å². The Morgan fingerprint density at radius 3 is 2.88 bits per heavy atom. The highest BCUT2D eigenvalue weighted by Crippen LogP contribution is 2.34. The Morgan fingerprint density at radius 1 is 1.32 bits per heavy atom. The fourth-order valence-corrected chi connectivity index (χ4v) is 2.71. The van der Waals surface area contributed by atoms with Gasteiger partial charge < -0.3 is 14.1 Å². The lowest BCUT2D eigenvalue weighted by atomic mass is 10.2. The van der Waals surface area contributed by atoms with Gasteiger partial charge in [0.05, 0.1) is 16.9 Å². The monoisotopic (exact) mass is 407 g/mol. The molecule has 0 unspecified atom stereocenters. The van der Waals surface area contributed by atoms with Crippen LogP contribution in [0.1, 0.15) is 0 Å². The van der Waals surface area contributed by atoms with E-state index in [1.54, 1.807) is 6.07 Å². The minimum Gasteiger partial charge on any atom is -0.388 e. The Morgan fingerprint density at radius 2 is 2.16 bits per heavy atom. The van der Waals surface area contributed by atoms with E-state index in [0.717, 1.165) is 0 Å². The quantitative estimate of drug-likeness (QED) is 0.542. The van der Waals surface area contributed by atoms with E-state index in [-0.39, 0.29) is 28.5 Å². The summed E-state index contributed by atoms with van der Waals surface area (Å²) in [6.45, 7) is 0. The number of aromatic nitrogens is 4. The molecular weight excluding hydrogens is 400 g/mol. The van der Waals surface area contributed by atoms with Gasteiger partial charge in [0.15, 0.2) is 11.5 Å². The summed E-state index contributed by atoms with van der Waals surface area (Å²) < 4.78 is 35.9. The van der Waals surface area contributed by atoms with E-state index in [9.17, 15) is 13.6 Å². The van der Waals surface area contributed by atoms with Crippen molar-refractivity contribution in [2.24, 2.45) is 0 Å². The predicted octanol–water partition coefficient (Wildman–Crippen LogP) is 3.46. The van der Waals surface area contributed by atoms with Gasteiger partial charge in [0.1, 0.15) is 5.82 Å². The van der Waals surface area contributed by atoms with Crippen LogP contribution in [-0.4, -0.2) is 19.6 Å². The Kier molecular flexibility index (Phi) is 3.61. The van der Waals surface area contributed by atoms with Gasteiger partial charge in [0.25, 0.3) is 5.89 Å². The lowest BCUT2D eigenvalue weighted by Gasteiger charge is -2.13. The Bertz CT molecular complexity index is 1150. The molecule has 3 heterocycles. The van der Waals surface area contributed by atoms with Gasteiger partial charge in [-0.05, 0) is 18.2 Å². The molecule has 126 valence electrons. The number of hydrogen-bond acceptors (Lipinski definition) is 5. The van der Waals surface area contributed by atoms with Crippen LogP contribution < -0.4 is 11.1 Å². The summed E-state index contributed by atoms with van der Waals surface area (Å²) in [7, 11) is 0. The third-order valence-electron chi connectivity index (χ3n) is 3.48. The molecule has 4 rings (SSSR count). The zero-order chi connectivity index (χ0) is 17.6. The Labute approximate surface area is 146 Å². The van der Waals surface area contributed by atoms with Crippen molar-refractivity contribution in [2.75, 3.05) is 5.32 Å². The third-order valence-corrected chi connectivity index (χ3v) is 3.97. The number of pyridine rings is 1. The first-order valence-corrected chi connectivity index (χ1v) is 7.75. The lowest BCUT2D eigenvalue weighted by molar-refractivity contribution is 0.526. The number of H-pyrrole nitrogens is 1. The van der Waals surface area contributed by atoms with Crippen LogP contribution in [0.3, 0.4) is 0 Å². The van der Waals surface area contributed by atoms with Crippen molar-refractivity contribution >= 4 is 33.0 Å². The van der Waals surface area contributed by atoms with Gasteiger partial charge in [0.2, 0.25) is 0 Å². The molecule has 10 heteroatoms. The maximum atomic E-state index is 14.9. The van der Waals surface area contributed by atoms with Crippen LogP contribution in [0, 0.1) is 11.6 Å². The van der Waals surface area contributed by atoms with Gasteiger partial charge in [-0.2, -0.15) is 0 Å². The van der Waals surface area contributed by atoms with E-state index in [0.29, 0.717) is 4.47 Å². The number of nitrogens with zero attached hydrogens (tertiary/aromatic N) is 3. The fourth-order valence-electron chi connectivity index (χ4n) is 2.38. The van der Waals surface area contributed by atoms with Crippen LogP contribution in [0.5, 0.6) is 0 Å². The summed E-state index contributed by atoms with van der Waals surface area (Å²) in [5.41, 5.74) is 0.0811. The molecule has 7 nitrogen and oxygen atoms in total. The molecule has 0 aliphatic carbocycles. The lowest BCUT2D eigenvalue weighted by Crippen LogP contribution is -2.03. The summed E-state index contributed by atoms with van der Waals surface area (Å²) in [5.74, 6) is -2.26. The number of benzene rings is 1. The van der Waals surface area contributed by atoms with Crippen molar-refractivity contribution in [3.05, 3.63) is 63.4 Å². The van der Waals surface area contributed by atoms with E-state index >= 15 is 0 Å². The number of imidazole rings is 1. The SMILES string of the molecule is O=c1[nH]nc(-c2cn3ccnc3c(F)c2Nc2ccc(Br)cc2F)o1. The first-order chi connectivity index (χ1) is 12.0. The van der Waals surface area contributed by atoms with Crippen LogP contribution in [0.25, 0.3) is 17.1 Å². The van der Waals surface area contributed by atoms with Crippen molar-refractivity contribution in [1.29, 1.82) is 0 Å². The molecule has 0 saturated heterocycles. The number of hydrogen-bond donors (Lipinski definition) is 2. The molecule has 2 N–H and O–H groups in total. The molecule has 0 atom stereocenters. The molecule has 4 aromatic rings. The van der Waals surface area contributed by atoms with Gasteiger partial charge in [-0.3, -0.25) is 0 Å². The van der Waals surface area contributed by atoms with E-state index in [1.165, 1.54) is 35.1 Å². The first kappa shape index (κ1) is 15.5. The van der Waals surface area contributed by atoms with E-state index in [1.807, 2.05) is 0 Å². The topological polar surface area (TPSA) is 88.2 Å². The maximum absolute atomic E-state index is 14.9. The fraction of sp³-hybridized carbons (Fsp3) is 0. The molecule has 0 saturated carbocycles. The molecule has 0 radical (unpaired) electrons. The average Bonchev–Trinajstić information content (AvgIpc) is 3.20. The molecule has 0 aliphatic rings. The average molecular weight is 408 g/mol. The van der Waals surface area contributed by atoms with Crippen molar-refractivity contribution < 1.29 is 13.2 Å².